The monoisotopic (exact) mass is 751 g/mol. The second kappa shape index (κ2) is 19.2. The molecule has 2 aliphatic heterocycles. The van der Waals surface area contributed by atoms with E-state index >= 15 is 0 Å². The normalized spacial score (nSPS) is 25.0. The van der Waals surface area contributed by atoms with Crippen LogP contribution in [0.15, 0.2) is 42.0 Å². The number of nitrogens with one attached hydrogen (secondary N) is 4. The van der Waals surface area contributed by atoms with Crippen molar-refractivity contribution < 1.29 is 43.3 Å². The summed E-state index contributed by atoms with van der Waals surface area (Å²) in [7, 11) is 0. The summed E-state index contributed by atoms with van der Waals surface area (Å²) in [5.74, 6) is -2.81. The standard InChI is InChI=1S/C40H57N5O9/c1-4-13-28(34-35(54-34)37(48)41-22-32(46)44-33(39(50)51)26-16-9-6-10-17-26)42-36(47)31-21-27-18-11-12-19-30(27)45(31)38(49)29(20-25-14-7-5-8-15-25)43-40(52)53-23-24(2)3/h6,9-10,16-17,20,24,27-31,33-35H,4-5,7-8,11-15,18-19,21-23H2,1-3H3,(H,41,48)(H,42,47)(H,43,52)(H,44,46)(H,50,51)/t27-,28?,29?,30-,31-,33?,34?,35?/m0/s1. The zero-order chi connectivity index (χ0) is 38.8. The Bertz CT molecular complexity index is 1530. The summed E-state index contributed by atoms with van der Waals surface area (Å²) in [6.45, 7) is 5.60. The van der Waals surface area contributed by atoms with Gasteiger partial charge in [-0.1, -0.05) is 88.4 Å². The summed E-state index contributed by atoms with van der Waals surface area (Å²) in [6.07, 6.45) is 9.93. The molecule has 296 valence electrons. The van der Waals surface area contributed by atoms with Crippen molar-refractivity contribution in [2.45, 2.75) is 140 Å². The van der Waals surface area contributed by atoms with Crippen LogP contribution in [0, 0.1) is 11.8 Å². The first-order valence-electron chi connectivity index (χ1n) is 19.7. The number of hydrogen-bond donors (Lipinski definition) is 5. The molecule has 54 heavy (non-hydrogen) atoms. The molecule has 0 bridgehead atoms. The summed E-state index contributed by atoms with van der Waals surface area (Å²) in [4.78, 5) is 80.8. The summed E-state index contributed by atoms with van der Waals surface area (Å²) >= 11 is 0. The van der Waals surface area contributed by atoms with Gasteiger partial charge in [0.25, 0.3) is 5.91 Å². The zero-order valence-electron chi connectivity index (χ0n) is 31.7. The number of ether oxygens (including phenoxy) is 2. The number of benzene rings is 1. The van der Waals surface area contributed by atoms with Crippen LogP contribution in [-0.4, -0.2) is 95.2 Å². The molecule has 5 N–H and O–H groups in total. The van der Waals surface area contributed by atoms with Crippen LogP contribution in [0.5, 0.6) is 0 Å². The number of carboxylic acid groups (broad SMARTS) is 1. The summed E-state index contributed by atoms with van der Waals surface area (Å²) in [6, 6.07) is 4.61. The molecule has 4 fully saturated rings. The largest absolute Gasteiger partial charge is 0.479 e. The fraction of sp³-hybridized carbons (Fsp3) is 0.650. The Balaban J connectivity index is 1.24. The van der Waals surface area contributed by atoms with Gasteiger partial charge in [-0.3, -0.25) is 19.2 Å². The fourth-order valence-corrected chi connectivity index (χ4v) is 8.13. The highest BCUT2D eigenvalue weighted by atomic mass is 16.6. The highest BCUT2D eigenvalue weighted by molar-refractivity contribution is 5.94. The lowest BCUT2D eigenvalue weighted by atomic mass is 9.84. The molecule has 4 aliphatic rings. The first kappa shape index (κ1) is 40.7. The number of likely N-dealkylation sites (tertiary alicyclic amines) is 1. The highest BCUT2D eigenvalue weighted by Gasteiger charge is 2.53. The number of aliphatic carboxylic acids is 1. The van der Waals surface area contributed by atoms with Gasteiger partial charge in [-0.25, -0.2) is 9.59 Å². The molecule has 2 heterocycles. The Hall–Kier alpha value is -4.46. The number of hydrogen-bond acceptors (Lipinski definition) is 8. The molecule has 5 amide bonds. The molecule has 2 aliphatic carbocycles. The SMILES string of the molecule is CCCC(NC(=O)[C@@H]1C[C@@H]2CCCC[C@@H]2N1C(=O)C(C=C1CCCCC1)NC(=O)OCC(C)C)C1OC1C(=O)NCC(=O)NC(C(=O)O)c1ccccc1. The number of epoxide rings is 1. The maximum atomic E-state index is 14.6. The average molecular weight is 752 g/mol. The number of carbonyl (C=O) groups is 6. The van der Waals surface area contributed by atoms with Crippen LogP contribution in [0.4, 0.5) is 4.79 Å². The Morgan fingerprint density at radius 3 is 2.35 bits per heavy atom. The summed E-state index contributed by atoms with van der Waals surface area (Å²) in [5.41, 5.74) is 1.52. The molecule has 8 atom stereocenters. The van der Waals surface area contributed by atoms with E-state index < -0.39 is 66.8 Å². The second-order valence-electron chi connectivity index (χ2n) is 15.5. The minimum Gasteiger partial charge on any atom is -0.479 e. The molecule has 0 radical (unpaired) electrons. The highest BCUT2D eigenvalue weighted by Crippen LogP contribution is 2.41. The van der Waals surface area contributed by atoms with Crippen LogP contribution in [0.3, 0.4) is 0 Å². The van der Waals surface area contributed by atoms with E-state index in [1.807, 2.05) is 26.8 Å². The van der Waals surface area contributed by atoms with Gasteiger partial charge in [0.2, 0.25) is 17.7 Å². The van der Waals surface area contributed by atoms with Crippen molar-refractivity contribution in [3.63, 3.8) is 0 Å². The van der Waals surface area contributed by atoms with E-state index in [0.29, 0.717) is 24.8 Å². The summed E-state index contributed by atoms with van der Waals surface area (Å²) < 4.78 is 11.2. The molecule has 0 aromatic heterocycles. The number of carbonyl (C=O) groups excluding carboxylic acids is 5. The predicted octanol–water partition coefficient (Wildman–Crippen LogP) is 3.90. The fourth-order valence-electron chi connectivity index (χ4n) is 8.13. The van der Waals surface area contributed by atoms with Crippen LogP contribution in [-0.2, 0) is 33.4 Å². The number of amides is 5. The lowest BCUT2D eigenvalue weighted by molar-refractivity contribution is -0.142. The van der Waals surface area contributed by atoms with E-state index in [0.717, 1.165) is 63.4 Å². The molecule has 14 heteroatoms. The third kappa shape index (κ3) is 10.8. The number of rotatable bonds is 16. The lowest BCUT2D eigenvalue weighted by Gasteiger charge is -2.36. The van der Waals surface area contributed by atoms with Gasteiger partial charge in [0.1, 0.15) is 18.2 Å². The maximum Gasteiger partial charge on any atom is 0.408 e. The van der Waals surface area contributed by atoms with Crippen LogP contribution >= 0.6 is 0 Å². The van der Waals surface area contributed by atoms with Crippen LogP contribution in [0.1, 0.15) is 109 Å². The van der Waals surface area contributed by atoms with Gasteiger partial charge in [0.15, 0.2) is 12.1 Å². The van der Waals surface area contributed by atoms with Gasteiger partial charge in [0, 0.05) is 6.04 Å². The quantitative estimate of drug-likeness (QED) is 0.123. The van der Waals surface area contributed by atoms with Gasteiger partial charge in [-0.2, -0.15) is 0 Å². The molecule has 1 aromatic rings. The minimum atomic E-state index is -1.27. The zero-order valence-corrected chi connectivity index (χ0v) is 31.7. The van der Waals surface area contributed by atoms with Crippen molar-refractivity contribution in [2.24, 2.45) is 11.8 Å². The molecule has 0 spiro atoms. The molecule has 5 rings (SSSR count). The smallest absolute Gasteiger partial charge is 0.408 e. The van der Waals surface area contributed by atoms with Crippen molar-refractivity contribution in [3.8, 4) is 0 Å². The number of fused-ring (bicyclic) bond motifs is 1. The van der Waals surface area contributed by atoms with Crippen LogP contribution < -0.4 is 21.3 Å². The van der Waals surface area contributed by atoms with Crippen molar-refractivity contribution in [2.75, 3.05) is 13.2 Å². The van der Waals surface area contributed by atoms with Gasteiger partial charge >= 0.3 is 12.1 Å². The third-order valence-electron chi connectivity index (χ3n) is 10.8. The average Bonchev–Trinajstić information content (AvgIpc) is 3.87. The predicted molar refractivity (Wildman–Crippen MR) is 199 cm³/mol. The topological polar surface area (TPSA) is 196 Å². The lowest BCUT2D eigenvalue weighted by Crippen LogP contribution is -2.57. The molecular weight excluding hydrogens is 694 g/mol. The minimum absolute atomic E-state index is 0.128. The van der Waals surface area contributed by atoms with Crippen molar-refractivity contribution in [1.29, 1.82) is 0 Å². The van der Waals surface area contributed by atoms with Crippen LogP contribution in [0.2, 0.25) is 0 Å². The number of carboxylic acids is 1. The molecule has 14 nitrogen and oxygen atoms in total. The maximum absolute atomic E-state index is 14.6. The van der Waals surface area contributed by atoms with Gasteiger partial charge in [-0.05, 0) is 68.8 Å². The molecule has 2 saturated heterocycles. The Labute approximate surface area is 317 Å². The van der Waals surface area contributed by atoms with Crippen molar-refractivity contribution in [3.05, 3.63) is 47.5 Å². The second-order valence-corrected chi connectivity index (χ2v) is 15.5. The number of alkyl carbamates (subject to hydrolysis) is 1. The van der Waals surface area contributed by atoms with E-state index in [4.69, 9.17) is 9.47 Å². The first-order chi connectivity index (χ1) is 26.0. The summed E-state index contributed by atoms with van der Waals surface area (Å²) in [5, 5.41) is 20.5. The molecular formula is C40H57N5O9. The molecule has 1 aromatic carbocycles. The van der Waals surface area contributed by atoms with E-state index in [-0.39, 0.29) is 36.3 Å². The van der Waals surface area contributed by atoms with Gasteiger partial charge in [-0.15, -0.1) is 0 Å². The van der Waals surface area contributed by atoms with Crippen LogP contribution in [0.25, 0.3) is 0 Å². The Morgan fingerprint density at radius 2 is 1.67 bits per heavy atom. The molecule has 2 saturated carbocycles. The Morgan fingerprint density at radius 1 is 0.944 bits per heavy atom. The first-order valence-corrected chi connectivity index (χ1v) is 19.7. The number of allylic oxidation sites excluding steroid dienone is 1. The van der Waals surface area contributed by atoms with E-state index in [9.17, 15) is 33.9 Å². The van der Waals surface area contributed by atoms with E-state index in [1.165, 1.54) is 0 Å². The van der Waals surface area contributed by atoms with E-state index in [2.05, 4.69) is 21.3 Å². The van der Waals surface area contributed by atoms with Gasteiger partial charge < -0.3 is 40.7 Å². The Kier molecular flexibility index (Phi) is 14.5. The third-order valence-corrected chi connectivity index (χ3v) is 10.8. The molecule has 5 unspecified atom stereocenters. The van der Waals surface area contributed by atoms with E-state index in [1.54, 1.807) is 35.2 Å². The van der Waals surface area contributed by atoms with Gasteiger partial charge in [0.05, 0.1) is 19.2 Å². The van der Waals surface area contributed by atoms with Crippen molar-refractivity contribution in [1.82, 2.24) is 26.2 Å². The van der Waals surface area contributed by atoms with Crippen molar-refractivity contribution >= 4 is 35.7 Å². The number of nitrogens with zero attached hydrogens (tertiary/aromatic N) is 1.